The number of rotatable bonds is 3. The van der Waals surface area contributed by atoms with Crippen LogP contribution in [0.15, 0.2) is 0 Å². The van der Waals surface area contributed by atoms with Gasteiger partial charge in [0.2, 0.25) is 0 Å². The van der Waals surface area contributed by atoms with Crippen LogP contribution in [0.25, 0.3) is 0 Å². The van der Waals surface area contributed by atoms with E-state index in [9.17, 15) is 8.42 Å². The molecule has 2 heterocycles. The van der Waals surface area contributed by atoms with Gasteiger partial charge < -0.3 is 5.32 Å². The topological polar surface area (TPSA) is 55.4 Å². The first-order chi connectivity index (χ1) is 5.99. The van der Waals surface area contributed by atoms with Crippen LogP contribution in [0.5, 0.6) is 0 Å². The van der Waals surface area contributed by atoms with E-state index in [0.717, 1.165) is 31.9 Å². The van der Waals surface area contributed by atoms with Crippen molar-refractivity contribution in [3.05, 3.63) is 0 Å². The first kappa shape index (κ1) is 9.43. The SMILES string of the molecule is CS(=O)(=O)OCC12CCC(CC1)N2. The van der Waals surface area contributed by atoms with Gasteiger partial charge in [0, 0.05) is 11.6 Å². The van der Waals surface area contributed by atoms with Crippen molar-refractivity contribution in [3.63, 3.8) is 0 Å². The molecule has 0 aromatic rings. The lowest BCUT2D eigenvalue weighted by molar-refractivity contribution is 0.209. The maximum Gasteiger partial charge on any atom is 0.264 e. The third kappa shape index (κ3) is 2.03. The smallest absolute Gasteiger partial charge is 0.264 e. The first-order valence-electron chi connectivity index (χ1n) is 4.61. The zero-order valence-electron chi connectivity index (χ0n) is 7.75. The quantitative estimate of drug-likeness (QED) is 0.671. The van der Waals surface area contributed by atoms with Crippen LogP contribution in [0.3, 0.4) is 0 Å². The highest BCUT2D eigenvalue weighted by molar-refractivity contribution is 7.85. The Morgan fingerprint density at radius 3 is 2.46 bits per heavy atom. The largest absolute Gasteiger partial charge is 0.306 e. The van der Waals surface area contributed by atoms with Crippen molar-refractivity contribution in [3.8, 4) is 0 Å². The second-order valence-corrected chi connectivity index (χ2v) is 5.81. The lowest BCUT2D eigenvalue weighted by Gasteiger charge is -2.24. The summed E-state index contributed by atoms with van der Waals surface area (Å²) >= 11 is 0. The molecule has 2 rings (SSSR count). The molecule has 5 heteroatoms. The molecule has 0 aromatic carbocycles. The molecule has 76 valence electrons. The molecule has 2 fully saturated rings. The number of fused-ring (bicyclic) bond motifs is 2. The minimum absolute atomic E-state index is 0.0340. The molecule has 0 saturated carbocycles. The molecule has 1 N–H and O–H groups in total. The molecular weight excluding hydrogens is 190 g/mol. The normalized spacial score (nSPS) is 38.4. The molecule has 4 nitrogen and oxygen atoms in total. The van der Waals surface area contributed by atoms with Crippen LogP contribution in [-0.2, 0) is 14.3 Å². The molecule has 0 atom stereocenters. The molecule has 0 unspecified atom stereocenters. The second-order valence-electron chi connectivity index (χ2n) is 4.17. The number of nitrogens with one attached hydrogen (secondary N) is 1. The van der Waals surface area contributed by atoms with Gasteiger partial charge in [-0.2, -0.15) is 8.42 Å². The predicted octanol–water partition coefficient (Wildman–Crippen LogP) is 0.247. The van der Waals surface area contributed by atoms with Crippen LogP contribution in [0.2, 0.25) is 0 Å². The van der Waals surface area contributed by atoms with E-state index in [4.69, 9.17) is 4.18 Å². The Morgan fingerprint density at radius 1 is 1.46 bits per heavy atom. The van der Waals surface area contributed by atoms with E-state index in [1.54, 1.807) is 0 Å². The van der Waals surface area contributed by atoms with Crippen molar-refractivity contribution in [2.45, 2.75) is 37.3 Å². The van der Waals surface area contributed by atoms with Gasteiger partial charge in [-0.3, -0.25) is 4.18 Å². The molecule has 0 spiro atoms. The van der Waals surface area contributed by atoms with E-state index in [1.807, 2.05) is 0 Å². The average molecular weight is 205 g/mol. The van der Waals surface area contributed by atoms with Crippen LogP contribution in [0.1, 0.15) is 25.7 Å². The maximum atomic E-state index is 10.8. The van der Waals surface area contributed by atoms with Crippen molar-refractivity contribution >= 4 is 10.1 Å². The summed E-state index contributed by atoms with van der Waals surface area (Å²) in [5.74, 6) is 0. The minimum Gasteiger partial charge on any atom is -0.306 e. The van der Waals surface area contributed by atoms with E-state index in [0.29, 0.717) is 12.6 Å². The van der Waals surface area contributed by atoms with E-state index < -0.39 is 10.1 Å². The fourth-order valence-electron chi connectivity index (χ4n) is 2.30. The van der Waals surface area contributed by atoms with E-state index >= 15 is 0 Å². The van der Waals surface area contributed by atoms with Gasteiger partial charge >= 0.3 is 0 Å². The third-order valence-electron chi connectivity index (χ3n) is 3.00. The van der Waals surface area contributed by atoms with Gasteiger partial charge in [-0.15, -0.1) is 0 Å². The third-order valence-corrected chi connectivity index (χ3v) is 3.55. The first-order valence-corrected chi connectivity index (χ1v) is 6.43. The van der Waals surface area contributed by atoms with Gasteiger partial charge in [-0.1, -0.05) is 0 Å². The zero-order chi connectivity index (χ0) is 9.53. The Balaban J connectivity index is 1.95. The Kier molecular flexibility index (Phi) is 2.13. The van der Waals surface area contributed by atoms with E-state index in [2.05, 4.69) is 5.32 Å². The summed E-state index contributed by atoms with van der Waals surface area (Å²) in [6, 6.07) is 0.600. The Hall–Kier alpha value is -0.130. The van der Waals surface area contributed by atoms with Crippen molar-refractivity contribution in [1.82, 2.24) is 5.32 Å². The fraction of sp³-hybridized carbons (Fsp3) is 1.00. The molecule has 0 aliphatic carbocycles. The Labute approximate surface area is 78.8 Å². The lowest BCUT2D eigenvalue weighted by atomic mass is 9.89. The van der Waals surface area contributed by atoms with Crippen LogP contribution in [0.4, 0.5) is 0 Å². The van der Waals surface area contributed by atoms with Crippen molar-refractivity contribution in [1.29, 1.82) is 0 Å². The molecular formula is C8H15NO3S. The fourth-order valence-corrected chi connectivity index (χ4v) is 2.74. The van der Waals surface area contributed by atoms with Crippen molar-refractivity contribution in [2.75, 3.05) is 12.9 Å². The highest BCUT2D eigenvalue weighted by Crippen LogP contribution is 2.37. The van der Waals surface area contributed by atoms with Gasteiger partial charge in [0.15, 0.2) is 0 Å². The second kappa shape index (κ2) is 2.93. The van der Waals surface area contributed by atoms with Gasteiger partial charge in [0.25, 0.3) is 10.1 Å². The molecule has 0 amide bonds. The molecule has 0 radical (unpaired) electrons. The number of hydrogen-bond acceptors (Lipinski definition) is 4. The summed E-state index contributed by atoms with van der Waals surface area (Å²) in [6.45, 7) is 0.308. The van der Waals surface area contributed by atoms with Gasteiger partial charge in [-0.05, 0) is 25.7 Å². The highest BCUT2D eigenvalue weighted by Gasteiger charge is 2.44. The molecule has 13 heavy (non-hydrogen) atoms. The Bertz CT molecular complexity index is 291. The molecule has 2 bridgehead atoms. The maximum absolute atomic E-state index is 10.8. The summed E-state index contributed by atoms with van der Waals surface area (Å²) in [6.07, 6.45) is 5.52. The van der Waals surface area contributed by atoms with Crippen molar-refractivity contribution in [2.24, 2.45) is 0 Å². The lowest BCUT2D eigenvalue weighted by Crippen LogP contribution is -2.41. The van der Waals surface area contributed by atoms with Gasteiger partial charge in [-0.25, -0.2) is 0 Å². The highest BCUT2D eigenvalue weighted by atomic mass is 32.2. The van der Waals surface area contributed by atoms with Gasteiger partial charge in [0.1, 0.15) is 0 Å². The monoisotopic (exact) mass is 205 g/mol. The minimum atomic E-state index is -3.28. The molecule has 0 aromatic heterocycles. The van der Waals surface area contributed by atoms with Crippen molar-refractivity contribution < 1.29 is 12.6 Å². The number of hydrogen-bond donors (Lipinski definition) is 1. The molecule has 2 aliphatic heterocycles. The van der Waals surface area contributed by atoms with Crippen LogP contribution in [0, 0.1) is 0 Å². The summed E-state index contributed by atoms with van der Waals surface area (Å²) in [5.41, 5.74) is -0.0340. The predicted molar refractivity (Wildman–Crippen MR) is 48.9 cm³/mol. The summed E-state index contributed by atoms with van der Waals surface area (Å²) in [5, 5.41) is 3.42. The van der Waals surface area contributed by atoms with Crippen LogP contribution in [-0.4, -0.2) is 32.9 Å². The Morgan fingerprint density at radius 2 is 2.08 bits per heavy atom. The summed E-state index contributed by atoms with van der Waals surface area (Å²) in [4.78, 5) is 0. The molecule has 2 saturated heterocycles. The van der Waals surface area contributed by atoms with E-state index in [1.165, 1.54) is 0 Å². The standard InChI is InChI=1S/C8H15NO3S/c1-13(10,11)12-6-8-4-2-7(9-8)3-5-8/h7,9H,2-6H2,1H3. The summed E-state index contributed by atoms with van der Waals surface area (Å²) in [7, 11) is -3.28. The van der Waals surface area contributed by atoms with Gasteiger partial charge in [0.05, 0.1) is 12.9 Å². The van der Waals surface area contributed by atoms with E-state index in [-0.39, 0.29) is 5.54 Å². The average Bonchev–Trinajstić information content (AvgIpc) is 2.59. The molecule has 2 aliphatic rings. The van der Waals surface area contributed by atoms with Crippen LogP contribution < -0.4 is 5.32 Å². The summed E-state index contributed by atoms with van der Waals surface area (Å²) < 4.78 is 26.5. The van der Waals surface area contributed by atoms with Crippen LogP contribution >= 0.6 is 0 Å². The zero-order valence-corrected chi connectivity index (χ0v) is 8.56.